The minimum absolute atomic E-state index is 0.0492. The first-order chi connectivity index (χ1) is 15.2. The largest absolute Gasteiger partial charge is 0.457 e. The Bertz CT molecular complexity index is 1140. The molecule has 0 atom stereocenters. The average Bonchev–Trinajstić information content (AvgIpc) is 3.48. The molecule has 6 nitrogen and oxygen atoms in total. The van der Waals surface area contributed by atoms with E-state index in [1.165, 1.54) is 6.07 Å². The Kier molecular flexibility index (Phi) is 4.88. The zero-order valence-electron chi connectivity index (χ0n) is 16.8. The molecule has 0 unspecified atom stereocenters. The molecule has 0 N–H and O–H groups in total. The van der Waals surface area contributed by atoms with Crippen molar-refractivity contribution in [3.8, 4) is 11.3 Å². The van der Waals surface area contributed by atoms with Gasteiger partial charge in [-0.1, -0.05) is 48.5 Å². The molecule has 1 aliphatic heterocycles. The van der Waals surface area contributed by atoms with Crippen LogP contribution in [0.2, 0.25) is 0 Å². The Labute approximate surface area is 180 Å². The van der Waals surface area contributed by atoms with Gasteiger partial charge in [0.15, 0.2) is 6.17 Å². The third-order valence-electron chi connectivity index (χ3n) is 5.57. The van der Waals surface area contributed by atoms with Crippen LogP contribution in [-0.2, 0) is 0 Å². The van der Waals surface area contributed by atoms with Crippen molar-refractivity contribution >= 4 is 17.1 Å². The number of hydrogen-bond donors (Lipinski definition) is 0. The predicted molar refractivity (Wildman–Crippen MR) is 121 cm³/mol. The average molecular weight is 411 g/mol. The van der Waals surface area contributed by atoms with Crippen LogP contribution in [0.15, 0.2) is 101 Å². The first-order valence-corrected chi connectivity index (χ1v) is 10.2. The smallest absolute Gasteiger partial charge is 0.270 e. The maximum atomic E-state index is 11.2. The van der Waals surface area contributed by atoms with Gasteiger partial charge in [0.25, 0.3) is 5.69 Å². The van der Waals surface area contributed by atoms with Gasteiger partial charge in [-0.2, -0.15) is 0 Å². The first kappa shape index (κ1) is 18.9. The molecule has 1 aromatic heterocycles. The van der Waals surface area contributed by atoms with Crippen LogP contribution in [0.25, 0.3) is 11.3 Å². The predicted octanol–water partition coefficient (Wildman–Crippen LogP) is 5.88. The van der Waals surface area contributed by atoms with Gasteiger partial charge >= 0.3 is 0 Å². The molecular weight excluding hydrogens is 390 g/mol. The first-order valence-electron chi connectivity index (χ1n) is 10.2. The lowest BCUT2D eigenvalue weighted by atomic mass is 10.1. The highest BCUT2D eigenvalue weighted by Crippen LogP contribution is 2.39. The van der Waals surface area contributed by atoms with Crippen LogP contribution in [0.1, 0.15) is 11.9 Å². The molecule has 2 heterocycles. The Morgan fingerprint density at radius 2 is 1.39 bits per heavy atom. The van der Waals surface area contributed by atoms with E-state index in [1.54, 1.807) is 12.1 Å². The van der Waals surface area contributed by atoms with Gasteiger partial charge in [-0.3, -0.25) is 10.1 Å². The van der Waals surface area contributed by atoms with Gasteiger partial charge < -0.3 is 14.2 Å². The fraction of sp³-hybridized carbons (Fsp3) is 0.120. The second kappa shape index (κ2) is 7.99. The molecule has 1 saturated heterocycles. The number of nitro groups is 1. The number of hydrogen-bond acceptors (Lipinski definition) is 5. The fourth-order valence-corrected chi connectivity index (χ4v) is 4.13. The second-order valence-electron chi connectivity index (χ2n) is 7.44. The van der Waals surface area contributed by atoms with E-state index in [9.17, 15) is 10.1 Å². The van der Waals surface area contributed by atoms with Crippen molar-refractivity contribution in [2.24, 2.45) is 0 Å². The lowest BCUT2D eigenvalue weighted by Gasteiger charge is -2.31. The summed E-state index contributed by atoms with van der Waals surface area (Å²) in [5.41, 5.74) is 2.99. The topological polar surface area (TPSA) is 62.8 Å². The van der Waals surface area contributed by atoms with Crippen molar-refractivity contribution < 1.29 is 9.34 Å². The summed E-state index contributed by atoms with van der Waals surface area (Å²) in [5, 5.41) is 11.2. The minimum atomic E-state index is -0.390. The highest BCUT2D eigenvalue weighted by atomic mass is 16.6. The third-order valence-corrected chi connectivity index (χ3v) is 5.57. The number of rotatable bonds is 5. The molecule has 31 heavy (non-hydrogen) atoms. The Hall–Kier alpha value is -4.06. The molecule has 0 bridgehead atoms. The molecule has 0 spiro atoms. The summed E-state index contributed by atoms with van der Waals surface area (Å²) in [6, 6.07) is 31.0. The number of benzene rings is 3. The van der Waals surface area contributed by atoms with Gasteiger partial charge in [-0.25, -0.2) is 0 Å². The molecule has 154 valence electrons. The molecular formula is C25H21N3O3. The van der Waals surface area contributed by atoms with Crippen molar-refractivity contribution in [2.75, 3.05) is 22.9 Å². The minimum Gasteiger partial charge on any atom is -0.457 e. The van der Waals surface area contributed by atoms with Gasteiger partial charge in [-0.15, -0.1) is 0 Å². The van der Waals surface area contributed by atoms with Crippen molar-refractivity contribution in [2.45, 2.75) is 6.17 Å². The summed E-state index contributed by atoms with van der Waals surface area (Å²) < 4.78 is 6.29. The standard InChI is InChI=1S/C25H21N3O3/c29-28(30)22-13-7-8-19(18-22)23-14-15-24(31-23)25-26(20-9-3-1-4-10-20)16-17-27(25)21-11-5-2-6-12-21/h1-15,18,25H,16-17H2. The molecule has 0 aliphatic carbocycles. The third kappa shape index (κ3) is 3.64. The normalized spacial score (nSPS) is 14.2. The van der Waals surface area contributed by atoms with Crippen molar-refractivity contribution in [1.82, 2.24) is 0 Å². The second-order valence-corrected chi connectivity index (χ2v) is 7.44. The molecule has 0 saturated carbocycles. The summed E-state index contributed by atoms with van der Waals surface area (Å²) in [5.74, 6) is 1.42. The molecule has 0 radical (unpaired) electrons. The van der Waals surface area contributed by atoms with E-state index in [0.29, 0.717) is 11.3 Å². The summed E-state index contributed by atoms with van der Waals surface area (Å²) in [7, 11) is 0. The van der Waals surface area contributed by atoms with Crippen molar-refractivity contribution in [3.05, 3.63) is 113 Å². The number of para-hydroxylation sites is 2. The maximum Gasteiger partial charge on any atom is 0.270 e. The molecule has 4 aromatic rings. The zero-order chi connectivity index (χ0) is 21.2. The van der Waals surface area contributed by atoms with E-state index in [-0.39, 0.29) is 11.9 Å². The van der Waals surface area contributed by atoms with Crippen LogP contribution < -0.4 is 9.80 Å². The summed E-state index contributed by atoms with van der Waals surface area (Å²) in [4.78, 5) is 15.4. The van der Waals surface area contributed by atoms with E-state index in [1.807, 2.05) is 54.6 Å². The molecule has 6 heteroatoms. The SMILES string of the molecule is O=[N+]([O-])c1cccc(-c2ccc(C3N(c4ccccc4)CCN3c3ccccc3)o2)c1. The van der Waals surface area contributed by atoms with Crippen LogP contribution >= 0.6 is 0 Å². The maximum absolute atomic E-state index is 11.2. The molecule has 1 aliphatic rings. The molecule has 1 fully saturated rings. The monoisotopic (exact) mass is 411 g/mol. The van der Waals surface area contributed by atoms with Gasteiger partial charge in [0.2, 0.25) is 0 Å². The summed E-state index contributed by atoms with van der Waals surface area (Å²) in [6.45, 7) is 1.72. The lowest BCUT2D eigenvalue weighted by Crippen LogP contribution is -2.30. The van der Waals surface area contributed by atoms with Crippen molar-refractivity contribution in [1.29, 1.82) is 0 Å². The molecule has 5 rings (SSSR count). The van der Waals surface area contributed by atoms with Crippen molar-refractivity contribution in [3.63, 3.8) is 0 Å². The molecule has 3 aromatic carbocycles. The van der Waals surface area contributed by atoms with Crippen LogP contribution in [0.4, 0.5) is 17.1 Å². The van der Waals surface area contributed by atoms with E-state index in [4.69, 9.17) is 4.42 Å². The summed E-state index contributed by atoms with van der Waals surface area (Å²) >= 11 is 0. The fourth-order valence-electron chi connectivity index (χ4n) is 4.13. The highest BCUT2D eigenvalue weighted by Gasteiger charge is 2.36. The van der Waals surface area contributed by atoms with E-state index >= 15 is 0 Å². The van der Waals surface area contributed by atoms with Crippen LogP contribution in [0, 0.1) is 10.1 Å². The van der Waals surface area contributed by atoms with Crippen LogP contribution in [-0.4, -0.2) is 18.0 Å². The molecule has 0 amide bonds. The number of anilines is 2. The Balaban J connectivity index is 1.55. The highest BCUT2D eigenvalue weighted by molar-refractivity contribution is 5.63. The summed E-state index contributed by atoms with van der Waals surface area (Å²) in [6.07, 6.45) is -0.114. The van der Waals surface area contributed by atoms with E-state index in [0.717, 1.165) is 30.2 Å². The van der Waals surface area contributed by atoms with Crippen LogP contribution in [0.3, 0.4) is 0 Å². The number of non-ortho nitro benzene ring substituents is 1. The number of nitrogens with zero attached hydrogens (tertiary/aromatic N) is 3. The van der Waals surface area contributed by atoms with Gasteiger partial charge in [-0.05, 0) is 36.4 Å². The number of nitro benzene ring substituents is 1. The van der Waals surface area contributed by atoms with Gasteiger partial charge in [0, 0.05) is 42.2 Å². The van der Waals surface area contributed by atoms with Crippen LogP contribution in [0.5, 0.6) is 0 Å². The lowest BCUT2D eigenvalue weighted by molar-refractivity contribution is -0.384. The zero-order valence-corrected chi connectivity index (χ0v) is 16.8. The van der Waals surface area contributed by atoms with E-state index in [2.05, 4.69) is 34.1 Å². The van der Waals surface area contributed by atoms with Gasteiger partial charge in [0.05, 0.1) is 4.92 Å². The van der Waals surface area contributed by atoms with Gasteiger partial charge in [0.1, 0.15) is 11.5 Å². The quantitative estimate of drug-likeness (QED) is 0.303. The number of furan rings is 1. The Morgan fingerprint density at radius 3 is 1.97 bits per heavy atom. The Morgan fingerprint density at radius 1 is 0.774 bits per heavy atom. The van der Waals surface area contributed by atoms with E-state index < -0.39 is 4.92 Å².